The normalized spacial score (nSPS) is 20.2. The molecule has 1 aromatic rings. The van der Waals surface area contributed by atoms with E-state index in [1.807, 2.05) is 13.2 Å². The van der Waals surface area contributed by atoms with Crippen molar-refractivity contribution >= 4 is 5.91 Å². The van der Waals surface area contributed by atoms with E-state index in [-0.39, 0.29) is 11.9 Å². The van der Waals surface area contributed by atoms with Crippen LogP contribution in [0, 0.1) is 0 Å². The summed E-state index contributed by atoms with van der Waals surface area (Å²) in [6.07, 6.45) is 4.10. The molecule has 1 aliphatic heterocycles. The molecule has 6 heteroatoms. The van der Waals surface area contributed by atoms with Crippen LogP contribution in [0.1, 0.15) is 12.0 Å². The number of nitrogens with zero attached hydrogens (tertiary/aromatic N) is 2. The van der Waals surface area contributed by atoms with Crippen LogP contribution in [0.25, 0.3) is 0 Å². The van der Waals surface area contributed by atoms with E-state index in [4.69, 9.17) is 4.74 Å². The van der Waals surface area contributed by atoms with E-state index in [1.165, 1.54) is 0 Å². The molecule has 1 saturated heterocycles. The number of hydrogen-bond donors (Lipinski definition) is 2. The lowest BCUT2D eigenvalue weighted by Gasteiger charge is -2.23. The number of ether oxygens (including phenoxy) is 1. The molecule has 0 spiro atoms. The van der Waals surface area contributed by atoms with Gasteiger partial charge in [0.2, 0.25) is 5.91 Å². The summed E-state index contributed by atoms with van der Waals surface area (Å²) in [7, 11) is 1.86. The quantitative estimate of drug-likeness (QED) is 0.736. The summed E-state index contributed by atoms with van der Waals surface area (Å²) >= 11 is 0. The molecule has 0 bridgehead atoms. The maximum Gasteiger partial charge on any atom is 0.221 e. The Bertz CT molecular complexity index is 371. The summed E-state index contributed by atoms with van der Waals surface area (Å²) in [5.41, 5.74) is 1.01. The van der Waals surface area contributed by atoms with Gasteiger partial charge in [-0.25, -0.2) is 0 Å². The highest BCUT2D eigenvalue weighted by molar-refractivity contribution is 5.76. The molecule has 2 heterocycles. The fourth-order valence-electron chi connectivity index (χ4n) is 1.81. The van der Waals surface area contributed by atoms with Gasteiger partial charge in [0.15, 0.2) is 0 Å². The highest BCUT2D eigenvalue weighted by atomic mass is 16.5. The summed E-state index contributed by atoms with van der Waals surface area (Å²) in [6.45, 7) is 2.69. The lowest BCUT2D eigenvalue weighted by molar-refractivity contribution is -0.122. The monoisotopic (exact) mass is 238 g/mol. The van der Waals surface area contributed by atoms with Gasteiger partial charge in [0.1, 0.15) is 0 Å². The van der Waals surface area contributed by atoms with Crippen molar-refractivity contribution in [2.45, 2.75) is 19.0 Å². The third-order valence-corrected chi connectivity index (χ3v) is 2.68. The van der Waals surface area contributed by atoms with Gasteiger partial charge in [-0.1, -0.05) is 0 Å². The van der Waals surface area contributed by atoms with E-state index in [0.717, 1.165) is 18.7 Å². The third kappa shape index (κ3) is 3.83. The molecule has 1 aliphatic rings. The third-order valence-electron chi connectivity index (χ3n) is 2.68. The van der Waals surface area contributed by atoms with Gasteiger partial charge in [-0.15, -0.1) is 0 Å². The molecule has 6 nitrogen and oxygen atoms in total. The molecule has 2 rings (SSSR count). The van der Waals surface area contributed by atoms with E-state index >= 15 is 0 Å². The van der Waals surface area contributed by atoms with Gasteiger partial charge in [-0.05, 0) is 0 Å². The van der Waals surface area contributed by atoms with E-state index < -0.39 is 0 Å². The Hall–Kier alpha value is -1.40. The first-order valence-electron chi connectivity index (χ1n) is 5.79. The van der Waals surface area contributed by atoms with E-state index in [2.05, 4.69) is 15.7 Å². The topological polar surface area (TPSA) is 68.2 Å². The van der Waals surface area contributed by atoms with Gasteiger partial charge in [0.05, 0.1) is 19.4 Å². The predicted octanol–water partition coefficient (Wildman–Crippen LogP) is -0.585. The molecule has 1 fully saturated rings. The minimum absolute atomic E-state index is 0.0388. The van der Waals surface area contributed by atoms with Crippen molar-refractivity contribution in [2.24, 2.45) is 7.05 Å². The van der Waals surface area contributed by atoms with E-state index in [0.29, 0.717) is 19.6 Å². The highest BCUT2D eigenvalue weighted by Gasteiger charge is 2.16. The number of amides is 1. The molecular weight excluding hydrogens is 220 g/mol. The number of rotatable bonds is 4. The van der Waals surface area contributed by atoms with Crippen molar-refractivity contribution in [1.82, 2.24) is 20.4 Å². The lowest BCUT2D eigenvalue weighted by Crippen LogP contribution is -2.44. The second kappa shape index (κ2) is 5.79. The number of morpholine rings is 1. The zero-order valence-corrected chi connectivity index (χ0v) is 9.98. The minimum Gasteiger partial charge on any atom is -0.378 e. The number of aryl methyl sites for hydroxylation is 1. The largest absolute Gasteiger partial charge is 0.378 e. The molecule has 94 valence electrons. The first-order valence-corrected chi connectivity index (χ1v) is 5.79. The Balaban J connectivity index is 1.70. The summed E-state index contributed by atoms with van der Waals surface area (Å²) in [5.74, 6) is 0.0388. The average Bonchev–Trinajstić information content (AvgIpc) is 2.74. The summed E-state index contributed by atoms with van der Waals surface area (Å²) in [4.78, 5) is 11.7. The molecule has 1 aromatic heterocycles. The van der Waals surface area contributed by atoms with Crippen LogP contribution in [0.5, 0.6) is 0 Å². The van der Waals surface area contributed by atoms with Crippen molar-refractivity contribution in [1.29, 1.82) is 0 Å². The van der Waals surface area contributed by atoms with Crippen LogP contribution < -0.4 is 10.6 Å². The van der Waals surface area contributed by atoms with Gasteiger partial charge in [0, 0.05) is 44.4 Å². The van der Waals surface area contributed by atoms with Gasteiger partial charge in [-0.2, -0.15) is 5.10 Å². The van der Waals surface area contributed by atoms with Gasteiger partial charge in [-0.3, -0.25) is 9.48 Å². The first-order chi connectivity index (χ1) is 8.24. The Kier molecular flexibility index (Phi) is 4.11. The van der Waals surface area contributed by atoms with Gasteiger partial charge < -0.3 is 15.4 Å². The van der Waals surface area contributed by atoms with Crippen LogP contribution in [-0.4, -0.2) is 41.5 Å². The highest BCUT2D eigenvalue weighted by Crippen LogP contribution is 2.00. The van der Waals surface area contributed by atoms with Crippen molar-refractivity contribution in [3.8, 4) is 0 Å². The maximum absolute atomic E-state index is 11.7. The number of aromatic nitrogens is 2. The Labute approximate surface area is 100 Å². The second-order valence-electron chi connectivity index (χ2n) is 4.23. The van der Waals surface area contributed by atoms with Crippen LogP contribution in [0.3, 0.4) is 0 Å². The van der Waals surface area contributed by atoms with Gasteiger partial charge >= 0.3 is 0 Å². The van der Waals surface area contributed by atoms with Crippen LogP contribution in [-0.2, 0) is 23.1 Å². The number of carbonyl (C=O) groups excluding carboxylic acids is 1. The Morgan fingerprint density at radius 2 is 2.65 bits per heavy atom. The first kappa shape index (κ1) is 12.1. The van der Waals surface area contributed by atoms with Crippen LogP contribution in [0.15, 0.2) is 12.4 Å². The number of nitrogens with one attached hydrogen (secondary N) is 2. The van der Waals surface area contributed by atoms with Crippen molar-refractivity contribution in [3.63, 3.8) is 0 Å². The molecule has 1 unspecified atom stereocenters. The number of carbonyl (C=O) groups is 1. The molecule has 1 atom stereocenters. The molecule has 2 N–H and O–H groups in total. The molecular formula is C11H18N4O2. The summed E-state index contributed by atoms with van der Waals surface area (Å²) in [6, 6.07) is 0.137. The van der Waals surface area contributed by atoms with Crippen LogP contribution in [0.2, 0.25) is 0 Å². The standard InChI is InChI=1S/C11H18N4O2/c1-15-7-9(6-14-15)5-13-11(16)4-10-8-17-3-2-12-10/h6-7,10,12H,2-5,8H2,1H3,(H,13,16). The maximum atomic E-state index is 11.7. The van der Waals surface area contributed by atoms with Crippen molar-refractivity contribution < 1.29 is 9.53 Å². The molecule has 17 heavy (non-hydrogen) atoms. The molecule has 0 aliphatic carbocycles. The zero-order valence-electron chi connectivity index (χ0n) is 9.98. The van der Waals surface area contributed by atoms with Crippen molar-refractivity contribution in [2.75, 3.05) is 19.8 Å². The van der Waals surface area contributed by atoms with E-state index in [9.17, 15) is 4.79 Å². The zero-order chi connectivity index (χ0) is 12.1. The van der Waals surface area contributed by atoms with Crippen LogP contribution >= 0.6 is 0 Å². The Morgan fingerprint density at radius 1 is 1.76 bits per heavy atom. The van der Waals surface area contributed by atoms with Crippen molar-refractivity contribution in [3.05, 3.63) is 18.0 Å². The average molecular weight is 238 g/mol. The fraction of sp³-hybridized carbons (Fsp3) is 0.636. The lowest BCUT2D eigenvalue weighted by atomic mass is 10.2. The fourth-order valence-corrected chi connectivity index (χ4v) is 1.81. The van der Waals surface area contributed by atoms with E-state index in [1.54, 1.807) is 10.9 Å². The molecule has 1 amide bonds. The summed E-state index contributed by atoms with van der Waals surface area (Å²) in [5, 5.41) is 10.2. The summed E-state index contributed by atoms with van der Waals surface area (Å²) < 4.78 is 7.01. The molecule has 0 aromatic carbocycles. The molecule has 0 radical (unpaired) electrons. The number of hydrogen-bond acceptors (Lipinski definition) is 4. The SMILES string of the molecule is Cn1cc(CNC(=O)CC2COCCN2)cn1. The van der Waals surface area contributed by atoms with Gasteiger partial charge in [0.25, 0.3) is 0 Å². The van der Waals surface area contributed by atoms with Crippen LogP contribution in [0.4, 0.5) is 0 Å². The molecule has 0 saturated carbocycles. The predicted molar refractivity (Wildman–Crippen MR) is 62.3 cm³/mol. The Morgan fingerprint density at radius 3 is 3.29 bits per heavy atom. The second-order valence-corrected chi connectivity index (χ2v) is 4.23. The minimum atomic E-state index is 0.0388. The smallest absolute Gasteiger partial charge is 0.221 e.